The molecule has 3 nitrogen and oxygen atoms in total. The molecule has 1 aromatic carbocycles. The number of aromatic hydroxyl groups is 1. The molecule has 2 N–H and O–H groups in total. The molecule has 1 aromatic rings. The second-order valence-electron chi connectivity index (χ2n) is 5.52. The Bertz CT molecular complexity index is 409. The van der Waals surface area contributed by atoms with Crippen molar-refractivity contribution in [2.75, 3.05) is 26.2 Å². The fourth-order valence-electron chi connectivity index (χ4n) is 2.62. The molecule has 100 valence electrons. The van der Waals surface area contributed by atoms with E-state index in [1.807, 2.05) is 6.07 Å². The fraction of sp³-hybridized carbons (Fsp3) is 0.600. The molecule has 0 spiro atoms. The summed E-state index contributed by atoms with van der Waals surface area (Å²) in [7, 11) is 0. The van der Waals surface area contributed by atoms with Crippen LogP contribution in [-0.2, 0) is 6.54 Å². The third kappa shape index (κ3) is 3.03. The zero-order valence-corrected chi connectivity index (χ0v) is 11.7. The third-order valence-electron chi connectivity index (χ3n) is 3.69. The summed E-state index contributed by atoms with van der Waals surface area (Å²) in [6.07, 6.45) is 0. The molecule has 0 unspecified atom stereocenters. The molecule has 0 aliphatic carbocycles. The first-order valence-electron chi connectivity index (χ1n) is 6.83. The van der Waals surface area contributed by atoms with Crippen molar-refractivity contribution in [1.29, 1.82) is 0 Å². The van der Waals surface area contributed by atoms with Crippen molar-refractivity contribution in [3.63, 3.8) is 0 Å². The first-order valence-corrected chi connectivity index (χ1v) is 6.83. The van der Waals surface area contributed by atoms with Gasteiger partial charge in [-0.3, -0.25) is 4.90 Å². The molecule has 1 aliphatic rings. The largest absolute Gasteiger partial charge is 0.508 e. The van der Waals surface area contributed by atoms with E-state index in [4.69, 9.17) is 0 Å². The van der Waals surface area contributed by atoms with Crippen LogP contribution in [0.25, 0.3) is 0 Å². The third-order valence-corrected chi connectivity index (χ3v) is 3.69. The zero-order chi connectivity index (χ0) is 13.1. The fourth-order valence-corrected chi connectivity index (χ4v) is 2.62. The lowest BCUT2D eigenvalue weighted by molar-refractivity contribution is 0.230. The molecule has 0 aromatic heterocycles. The molecule has 0 saturated carbocycles. The van der Waals surface area contributed by atoms with Crippen LogP contribution in [0.5, 0.6) is 5.75 Å². The molecule has 3 heteroatoms. The summed E-state index contributed by atoms with van der Waals surface area (Å²) >= 11 is 0. The second kappa shape index (κ2) is 5.72. The van der Waals surface area contributed by atoms with Crippen molar-refractivity contribution in [3.05, 3.63) is 28.8 Å². The summed E-state index contributed by atoms with van der Waals surface area (Å²) in [5, 5.41) is 13.4. The van der Waals surface area contributed by atoms with Gasteiger partial charge < -0.3 is 10.4 Å². The van der Waals surface area contributed by atoms with Crippen molar-refractivity contribution in [1.82, 2.24) is 10.2 Å². The maximum absolute atomic E-state index is 10.1. The Morgan fingerprint density at radius 1 is 1.28 bits per heavy atom. The molecular weight excluding hydrogens is 224 g/mol. The van der Waals surface area contributed by atoms with Crippen molar-refractivity contribution in [3.8, 4) is 5.75 Å². The highest BCUT2D eigenvalue weighted by Gasteiger charge is 2.14. The van der Waals surface area contributed by atoms with Crippen LogP contribution in [0.2, 0.25) is 0 Å². The Labute approximate surface area is 110 Å². The van der Waals surface area contributed by atoms with Gasteiger partial charge in [0.25, 0.3) is 0 Å². The van der Waals surface area contributed by atoms with E-state index in [0.29, 0.717) is 11.7 Å². The lowest BCUT2D eigenvalue weighted by Crippen LogP contribution is -2.42. The van der Waals surface area contributed by atoms with Crippen LogP contribution >= 0.6 is 0 Å². The molecule has 1 aliphatic heterocycles. The average molecular weight is 248 g/mol. The van der Waals surface area contributed by atoms with Gasteiger partial charge in [0, 0.05) is 38.3 Å². The molecule has 1 saturated heterocycles. The number of hydrogen-bond donors (Lipinski definition) is 2. The van der Waals surface area contributed by atoms with Gasteiger partial charge in [0.1, 0.15) is 5.75 Å². The van der Waals surface area contributed by atoms with Gasteiger partial charge in [-0.2, -0.15) is 0 Å². The van der Waals surface area contributed by atoms with Crippen molar-refractivity contribution in [2.24, 2.45) is 0 Å². The van der Waals surface area contributed by atoms with Gasteiger partial charge in [-0.1, -0.05) is 19.9 Å². The highest BCUT2D eigenvalue weighted by molar-refractivity contribution is 5.42. The average Bonchev–Trinajstić information content (AvgIpc) is 2.33. The van der Waals surface area contributed by atoms with Crippen LogP contribution in [0.3, 0.4) is 0 Å². The number of phenols is 1. The molecular formula is C15H24N2O. The minimum atomic E-state index is 0.440. The summed E-state index contributed by atoms with van der Waals surface area (Å²) in [6.45, 7) is 11.5. The topological polar surface area (TPSA) is 35.5 Å². The van der Waals surface area contributed by atoms with Gasteiger partial charge >= 0.3 is 0 Å². The first kappa shape index (κ1) is 13.4. The minimum Gasteiger partial charge on any atom is -0.508 e. The highest BCUT2D eigenvalue weighted by Crippen LogP contribution is 2.28. The molecule has 0 amide bonds. The molecule has 0 atom stereocenters. The molecule has 1 heterocycles. The van der Waals surface area contributed by atoms with E-state index in [9.17, 15) is 5.11 Å². The predicted octanol–water partition coefficient (Wildman–Crippen LogP) is 2.23. The van der Waals surface area contributed by atoms with Gasteiger partial charge in [0.05, 0.1) is 0 Å². The van der Waals surface area contributed by atoms with Gasteiger partial charge in [-0.15, -0.1) is 0 Å². The Kier molecular flexibility index (Phi) is 4.25. The molecule has 0 bridgehead atoms. The lowest BCUT2D eigenvalue weighted by atomic mass is 9.95. The van der Waals surface area contributed by atoms with Crippen LogP contribution in [0.4, 0.5) is 0 Å². The van der Waals surface area contributed by atoms with Crippen LogP contribution < -0.4 is 5.32 Å². The van der Waals surface area contributed by atoms with Crippen molar-refractivity contribution >= 4 is 0 Å². The number of hydrogen-bond acceptors (Lipinski definition) is 3. The van der Waals surface area contributed by atoms with E-state index >= 15 is 0 Å². The first-order chi connectivity index (χ1) is 8.58. The Balaban J connectivity index is 2.18. The smallest absolute Gasteiger partial charge is 0.120 e. The van der Waals surface area contributed by atoms with Gasteiger partial charge in [-0.05, 0) is 30.0 Å². The van der Waals surface area contributed by atoms with Crippen LogP contribution in [0, 0.1) is 6.92 Å². The highest BCUT2D eigenvalue weighted by atomic mass is 16.3. The molecule has 2 rings (SSSR count). The van der Waals surface area contributed by atoms with Crippen LogP contribution in [0.1, 0.15) is 36.5 Å². The predicted molar refractivity (Wildman–Crippen MR) is 75.1 cm³/mol. The van der Waals surface area contributed by atoms with E-state index in [1.54, 1.807) is 0 Å². The van der Waals surface area contributed by atoms with E-state index in [0.717, 1.165) is 38.3 Å². The summed E-state index contributed by atoms with van der Waals surface area (Å²) in [4.78, 5) is 2.39. The lowest BCUT2D eigenvalue weighted by Gasteiger charge is -2.28. The summed E-state index contributed by atoms with van der Waals surface area (Å²) in [5.41, 5.74) is 3.59. The molecule has 18 heavy (non-hydrogen) atoms. The zero-order valence-electron chi connectivity index (χ0n) is 11.7. The maximum Gasteiger partial charge on any atom is 0.120 e. The van der Waals surface area contributed by atoms with Crippen LogP contribution in [-0.4, -0.2) is 36.2 Å². The standard InChI is InChI=1S/C15H24N2O/c1-11(2)14-9-13(15(18)8-12(14)3)10-17-6-4-16-5-7-17/h8-9,11,16,18H,4-7,10H2,1-3H3. The number of aryl methyl sites for hydroxylation is 1. The number of benzene rings is 1. The number of phenolic OH excluding ortho intramolecular Hbond substituents is 1. The summed E-state index contributed by atoms with van der Waals surface area (Å²) < 4.78 is 0. The molecule has 0 radical (unpaired) electrons. The Morgan fingerprint density at radius 2 is 1.94 bits per heavy atom. The normalized spacial score (nSPS) is 17.3. The monoisotopic (exact) mass is 248 g/mol. The van der Waals surface area contributed by atoms with E-state index in [-0.39, 0.29) is 0 Å². The van der Waals surface area contributed by atoms with E-state index < -0.39 is 0 Å². The number of rotatable bonds is 3. The number of piperazine rings is 1. The second-order valence-corrected chi connectivity index (χ2v) is 5.52. The van der Waals surface area contributed by atoms with Crippen LogP contribution in [0.15, 0.2) is 12.1 Å². The SMILES string of the molecule is Cc1cc(O)c(CN2CCNCC2)cc1C(C)C. The summed E-state index contributed by atoms with van der Waals surface area (Å²) in [6, 6.07) is 4.09. The Hall–Kier alpha value is -1.06. The minimum absolute atomic E-state index is 0.440. The number of nitrogens with one attached hydrogen (secondary N) is 1. The van der Waals surface area contributed by atoms with Crippen molar-refractivity contribution < 1.29 is 5.11 Å². The van der Waals surface area contributed by atoms with E-state index in [2.05, 4.69) is 37.1 Å². The summed E-state index contributed by atoms with van der Waals surface area (Å²) in [5.74, 6) is 0.947. The van der Waals surface area contributed by atoms with Gasteiger partial charge in [0.2, 0.25) is 0 Å². The maximum atomic E-state index is 10.1. The molecule has 1 fully saturated rings. The van der Waals surface area contributed by atoms with Gasteiger partial charge in [-0.25, -0.2) is 0 Å². The quantitative estimate of drug-likeness (QED) is 0.861. The van der Waals surface area contributed by atoms with Crippen molar-refractivity contribution in [2.45, 2.75) is 33.2 Å². The van der Waals surface area contributed by atoms with Gasteiger partial charge in [0.15, 0.2) is 0 Å². The van der Waals surface area contributed by atoms with E-state index in [1.165, 1.54) is 11.1 Å². The number of nitrogens with zero attached hydrogens (tertiary/aromatic N) is 1. The Morgan fingerprint density at radius 3 is 2.56 bits per heavy atom.